The van der Waals surface area contributed by atoms with Gasteiger partial charge in [0.25, 0.3) is 7.13 Å². The predicted octanol–water partition coefficient (Wildman–Crippen LogP) is 0.185. The van der Waals surface area contributed by atoms with Crippen LogP contribution < -0.4 is 11.1 Å². The second-order valence-electron chi connectivity index (χ2n) is 0.493. The first-order valence-electron chi connectivity index (χ1n) is 1.02. The van der Waals surface area contributed by atoms with Gasteiger partial charge >= 0.3 is 0 Å². The van der Waals surface area contributed by atoms with Gasteiger partial charge in [0.2, 0.25) is 0 Å². The van der Waals surface area contributed by atoms with Crippen LogP contribution in [-0.4, -0.2) is 7.13 Å². The Balaban J connectivity index is 2.54. The van der Waals surface area contributed by atoms with E-state index in [2.05, 4.69) is 22.0 Å². The number of hydrogen-bond donors (Lipinski definition) is 2. The Morgan fingerprint density at radius 3 is 2.00 bits per heavy atom. The molecule has 0 aromatic carbocycles. The van der Waals surface area contributed by atoms with Crippen LogP contribution in [-0.2, 0) is 0 Å². The molecule has 1 radical (unpaired) electrons. The minimum Gasteiger partial charge on any atom is -0.368 e. The number of halogens is 1. The molecule has 0 aliphatic rings. The summed E-state index contributed by atoms with van der Waals surface area (Å²) >= 11 is 2.07. The van der Waals surface area contributed by atoms with Crippen LogP contribution in [0.5, 0.6) is 0 Å². The molecule has 0 heterocycles. The van der Waals surface area contributed by atoms with Gasteiger partial charge < -0.3 is 11.1 Å². The summed E-state index contributed by atoms with van der Waals surface area (Å²) in [7, 11) is 1.50. The zero-order valence-electron chi connectivity index (χ0n) is 2.56. The van der Waals surface area contributed by atoms with Crippen LogP contribution in [0, 0.1) is 0 Å². The maximum absolute atomic E-state index is 5.16. The van der Waals surface area contributed by atoms with Crippen molar-refractivity contribution in [2.24, 2.45) is 11.1 Å². The highest BCUT2D eigenvalue weighted by atomic mass is 127. The molecule has 5 heteroatoms. The standard InChI is InChI=1S/BH4IN2P/c2-5(4)1-3/h3-4H2. The normalized spacial score (nSPS) is 14.2. The molecule has 4 N–H and O–H groups in total. The summed E-state index contributed by atoms with van der Waals surface area (Å²) in [5.41, 5.74) is 9.63. The van der Waals surface area contributed by atoms with E-state index in [1.165, 1.54) is 7.13 Å². The van der Waals surface area contributed by atoms with Gasteiger partial charge in [-0.25, -0.2) is 0 Å². The molecule has 2 nitrogen and oxygen atoms in total. The van der Waals surface area contributed by atoms with E-state index in [1.807, 2.05) is 0 Å². The van der Waals surface area contributed by atoms with Crippen molar-refractivity contribution in [1.82, 2.24) is 0 Å². The maximum atomic E-state index is 5.16. The van der Waals surface area contributed by atoms with Crippen LogP contribution in [0.1, 0.15) is 0 Å². The van der Waals surface area contributed by atoms with Crippen molar-refractivity contribution in [3.8, 4) is 0 Å². The van der Waals surface area contributed by atoms with E-state index in [4.69, 9.17) is 11.1 Å². The first-order chi connectivity index (χ1) is 2.27. The van der Waals surface area contributed by atoms with Gasteiger partial charge in [0.05, 0.1) is 0 Å². The summed E-state index contributed by atoms with van der Waals surface area (Å²) < 4.78 is 0. The van der Waals surface area contributed by atoms with Crippen LogP contribution in [0.15, 0.2) is 0 Å². The van der Waals surface area contributed by atoms with Gasteiger partial charge in [-0.1, -0.05) is 0 Å². The molecule has 0 saturated carbocycles. The molecule has 0 fully saturated rings. The topological polar surface area (TPSA) is 52.0 Å². The Morgan fingerprint density at radius 2 is 2.00 bits per heavy atom. The van der Waals surface area contributed by atoms with E-state index in [1.54, 1.807) is 0 Å². The lowest BCUT2D eigenvalue weighted by Crippen LogP contribution is -2.02. The molecule has 0 amide bonds. The predicted molar refractivity (Wildman–Crippen MR) is 35.1 cm³/mol. The van der Waals surface area contributed by atoms with Crippen LogP contribution in [0.4, 0.5) is 0 Å². The zero-order chi connectivity index (χ0) is 4.28. The van der Waals surface area contributed by atoms with Gasteiger partial charge in [0.15, 0.2) is 0 Å². The summed E-state index contributed by atoms with van der Waals surface area (Å²) in [6.45, 7) is 0. The van der Waals surface area contributed by atoms with Crippen molar-refractivity contribution in [1.29, 1.82) is 0 Å². The molecule has 0 saturated heterocycles. The Morgan fingerprint density at radius 1 is 1.80 bits per heavy atom. The van der Waals surface area contributed by atoms with E-state index < -0.39 is 5.59 Å². The van der Waals surface area contributed by atoms with Gasteiger partial charge in [-0.2, -0.15) is 0 Å². The van der Waals surface area contributed by atoms with Crippen LogP contribution in [0.25, 0.3) is 0 Å². The Hall–Kier alpha value is 1.14. The fraction of sp³-hybridized carbons (Fsp3) is 0. The third kappa shape index (κ3) is 5.14. The highest BCUT2D eigenvalue weighted by Crippen LogP contribution is 2.30. The molecule has 0 aliphatic carbocycles. The van der Waals surface area contributed by atoms with Gasteiger partial charge in [-0.3, -0.25) is 0 Å². The van der Waals surface area contributed by atoms with Crippen molar-refractivity contribution in [2.75, 3.05) is 0 Å². The molecular weight excluding hydrogens is 197 g/mol. The molecular formula is H4BIN2P. The lowest BCUT2D eigenvalue weighted by molar-refractivity contribution is 1.95. The fourth-order valence-corrected chi connectivity index (χ4v) is 0. The summed E-state index contributed by atoms with van der Waals surface area (Å²) in [4.78, 5) is 0. The molecule has 0 aromatic heterocycles. The summed E-state index contributed by atoms with van der Waals surface area (Å²) in [6.07, 6.45) is 0. The molecule has 0 rings (SSSR count). The van der Waals surface area contributed by atoms with Gasteiger partial charge in [0.1, 0.15) is 0 Å². The number of hydrogen-bond acceptors (Lipinski definition) is 2. The minimum absolute atomic E-state index is 0.475. The molecule has 1 unspecified atom stereocenters. The minimum atomic E-state index is -0.475. The van der Waals surface area contributed by atoms with Crippen molar-refractivity contribution in [2.45, 2.75) is 0 Å². The smallest absolute Gasteiger partial charge is 0.269 e. The fourth-order valence-electron chi connectivity index (χ4n) is 0. The largest absolute Gasteiger partial charge is 0.368 e. The molecule has 0 aromatic rings. The third-order valence-corrected chi connectivity index (χ3v) is 1.39. The van der Waals surface area contributed by atoms with E-state index >= 15 is 0 Å². The van der Waals surface area contributed by atoms with E-state index in [0.717, 1.165) is 0 Å². The lowest BCUT2D eigenvalue weighted by Gasteiger charge is -1.87. The first-order valence-corrected chi connectivity index (χ1v) is 5.28. The molecule has 0 bridgehead atoms. The molecule has 0 aliphatic heterocycles. The van der Waals surface area contributed by atoms with Gasteiger partial charge in [0, 0.05) is 0 Å². The van der Waals surface area contributed by atoms with Crippen LogP contribution in [0.2, 0.25) is 0 Å². The maximum Gasteiger partial charge on any atom is 0.269 e. The van der Waals surface area contributed by atoms with Gasteiger partial charge in [-0.05, 0) is 27.6 Å². The van der Waals surface area contributed by atoms with E-state index in [0.29, 0.717) is 0 Å². The molecule has 29 valence electrons. The highest BCUT2D eigenvalue weighted by molar-refractivity contribution is 14.2. The first kappa shape index (κ1) is 6.14. The highest BCUT2D eigenvalue weighted by Gasteiger charge is 1.86. The number of nitrogens with two attached hydrogens (primary N) is 2. The number of rotatable bonds is 1. The lowest BCUT2D eigenvalue weighted by atomic mass is 10.5. The van der Waals surface area contributed by atoms with Crippen molar-refractivity contribution < 1.29 is 0 Å². The Kier molecular flexibility index (Phi) is 4.10. The van der Waals surface area contributed by atoms with E-state index in [9.17, 15) is 0 Å². The second kappa shape index (κ2) is 3.34. The van der Waals surface area contributed by atoms with Crippen LogP contribution in [0.3, 0.4) is 0 Å². The monoisotopic (exact) mass is 201 g/mol. The SMILES string of the molecule is N[B]P(N)I. The average Bonchev–Trinajstić information content (AvgIpc) is 1.38. The quantitative estimate of drug-likeness (QED) is 0.361. The summed E-state index contributed by atoms with van der Waals surface area (Å²) in [5.74, 6) is 0. The zero-order valence-corrected chi connectivity index (χ0v) is 5.61. The second-order valence-corrected chi connectivity index (χ2v) is 4.82. The third-order valence-electron chi connectivity index (χ3n) is 0.142. The van der Waals surface area contributed by atoms with Crippen molar-refractivity contribution in [3.63, 3.8) is 0 Å². The average molecular weight is 201 g/mol. The van der Waals surface area contributed by atoms with Crippen molar-refractivity contribution >= 4 is 34.8 Å². The van der Waals surface area contributed by atoms with Gasteiger partial charge in [-0.15, -0.1) is 0 Å². The molecule has 5 heavy (non-hydrogen) atoms. The Bertz CT molecular complexity index is 23.6. The van der Waals surface area contributed by atoms with Crippen molar-refractivity contribution in [3.05, 3.63) is 0 Å². The van der Waals surface area contributed by atoms with Crippen LogP contribution >= 0.6 is 27.6 Å². The Labute approximate surface area is 46.2 Å². The molecule has 1 atom stereocenters. The molecule has 0 spiro atoms. The van der Waals surface area contributed by atoms with E-state index in [-0.39, 0.29) is 0 Å². The summed E-state index contributed by atoms with van der Waals surface area (Å²) in [5, 5.41) is 0. The summed E-state index contributed by atoms with van der Waals surface area (Å²) in [6, 6.07) is 0.